The second-order valence-corrected chi connectivity index (χ2v) is 5.13. The number of aromatic nitrogens is 1. The highest BCUT2D eigenvalue weighted by molar-refractivity contribution is 6.03. The Morgan fingerprint density at radius 2 is 2.10 bits per heavy atom. The molecule has 1 aromatic heterocycles. The van der Waals surface area contributed by atoms with Gasteiger partial charge >= 0.3 is 5.97 Å². The Bertz CT molecular complexity index is 640. The van der Waals surface area contributed by atoms with Gasteiger partial charge in [0, 0.05) is 25.1 Å². The fourth-order valence-corrected chi connectivity index (χ4v) is 2.31. The standard InChI is InChI=1S/C16H20N2O3/c1-11(2)18(8-9-21-3)15-10-13(16(19)20)12-6-4-5-7-14(12)17-15/h4-7,10-11H,8-9H2,1-3H3,(H,19,20). The maximum Gasteiger partial charge on any atom is 0.336 e. The lowest BCUT2D eigenvalue weighted by Gasteiger charge is -2.28. The van der Waals surface area contributed by atoms with Crippen LogP contribution in [0.1, 0.15) is 24.2 Å². The Morgan fingerprint density at radius 3 is 2.71 bits per heavy atom. The van der Waals surface area contributed by atoms with Crippen molar-refractivity contribution in [1.29, 1.82) is 0 Å². The van der Waals surface area contributed by atoms with Crippen LogP contribution in [0, 0.1) is 0 Å². The Morgan fingerprint density at radius 1 is 1.38 bits per heavy atom. The van der Waals surface area contributed by atoms with Gasteiger partial charge in [0.15, 0.2) is 0 Å². The van der Waals surface area contributed by atoms with Crippen LogP contribution >= 0.6 is 0 Å². The van der Waals surface area contributed by atoms with Crippen molar-refractivity contribution in [1.82, 2.24) is 4.98 Å². The van der Waals surface area contributed by atoms with Crippen LogP contribution in [0.15, 0.2) is 30.3 Å². The summed E-state index contributed by atoms with van der Waals surface area (Å²) in [5.41, 5.74) is 0.967. The number of aromatic carboxylic acids is 1. The summed E-state index contributed by atoms with van der Waals surface area (Å²) in [5.74, 6) is -0.275. The fraction of sp³-hybridized carbons (Fsp3) is 0.375. The number of hydrogen-bond acceptors (Lipinski definition) is 4. The van der Waals surface area contributed by atoms with Crippen LogP contribution in [0.3, 0.4) is 0 Å². The predicted molar refractivity (Wildman–Crippen MR) is 83.1 cm³/mol. The van der Waals surface area contributed by atoms with Crippen molar-refractivity contribution in [3.8, 4) is 0 Å². The Hall–Kier alpha value is -2.14. The molecule has 0 saturated heterocycles. The summed E-state index contributed by atoms with van der Waals surface area (Å²) in [6.45, 7) is 5.33. The van der Waals surface area contributed by atoms with E-state index in [-0.39, 0.29) is 11.6 Å². The summed E-state index contributed by atoms with van der Waals surface area (Å²) < 4.78 is 5.12. The monoisotopic (exact) mass is 288 g/mol. The van der Waals surface area contributed by atoms with E-state index in [1.807, 2.05) is 36.9 Å². The van der Waals surface area contributed by atoms with E-state index in [4.69, 9.17) is 4.74 Å². The predicted octanol–water partition coefficient (Wildman–Crippen LogP) is 2.79. The number of para-hydroxylation sites is 1. The number of benzene rings is 1. The van der Waals surface area contributed by atoms with E-state index in [9.17, 15) is 9.90 Å². The van der Waals surface area contributed by atoms with E-state index in [0.29, 0.717) is 29.9 Å². The van der Waals surface area contributed by atoms with Crippen molar-refractivity contribution in [2.45, 2.75) is 19.9 Å². The molecule has 0 radical (unpaired) electrons. The number of fused-ring (bicyclic) bond motifs is 1. The molecule has 0 atom stereocenters. The lowest BCUT2D eigenvalue weighted by atomic mass is 10.1. The van der Waals surface area contributed by atoms with E-state index in [1.165, 1.54) is 0 Å². The molecule has 1 heterocycles. The zero-order valence-corrected chi connectivity index (χ0v) is 12.5. The van der Waals surface area contributed by atoms with E-state index >= 15 is 0 Å². The number of methoxy groups -OCH3 is 1. The summed E-state index contributed by atoms with van der Waals surface area (Å²) in [4.78, 5) is 18.1. The van der Waals surface area contributed by atoms with Crippen molar-refractivity contribution in [2.24, 2.45) is 0 Å². The Kier molecular flexibility index (Phi) is 4.75. The van der Waals surface area contributed by atoms with Crippen molar-refractivity contribution < 1.29 is 14.6 Å². The molecule has 0 aliphatic carbocycles. The fourth-order valence-electron chi connectivity index (χ4n) is 2.31. The second-order valence-electron chi connectivity index (χ2n) is 5.13. The number of pyridine rings is 1. The molecular formula is C16H20N2O3. The minimum Gasteiger partial charge on any atom is -0.478 e. The number of anilines is 1. The first-order chi connectivity index (χ1) is 10.0. The van der Waals surface area contributed by atoms with Crippen LogP contribution in [0.5, 0.6) is 0 Å². The smallest absolute Gasteiger partial charge is 0.336 e. The van der Waals surface area contributed by atoms with Gasteiger partial charge in [0.1, 0.15) is 5.82 Å². The molecular weight excluding hydrogens is 268 g/mol. The highest BCUT2D eigenvalue weighted by atomic mass is 16.5. The molecule has 0 unspecified atom stereocenters. The summed E-state index contributed by atoms with van der Waals surface area (Å²) in [5, 5.41) is 10.1. The maximum atomic E-state index is 11.5. The molecule has 1 aromatic carbocycles. The number of hydrogen-bond donors (Lipinski definition) is 1. The van der Waals surface area contributed by atoms with Gasteiger partial charge in [0.05, 0.1) is 17.7 Å². The third-order valence-electron chi connectivity index (χ3n) is 3.39. The maximum absolute atomic E-state index is 11.5. The van der Waals surface area contributed by atoms with Gasteiger partial charge in [0.2, 0.25) is 0 Å². The summed E-state index contributed by atoms with van der Waals surface area (Å²) in [6.07, 6.45) is 0. The van der Waals surface area contributed by atoms with Crippen LogP contribution in [0.25, 0.3) is 10.9 Å². The van der Waals surface area contributed by atoms with E-state index in [1.54, 1.807) is 19.2 Å². The van der Waals surface area contributed by atoms with Crippen LogP contribution in [-0.4, -0.2) is 42.4 Å². The molecule has 5 heteroatoms. The van der Waals surface area contributed by atoms with Crippen molar-refractivity contribution in [2.75, 3.05) is 25.2 Å². The molecule has 0 aliphatic heterocycles. The first kappa shape index (κ1) is 15.3. The second kappa shape index (κ2) is 6.54. The minimum absolute atomic E-state index is 0.204. The average molecular weight is 288 g/mol. The van der Waals surface area contributed by atoms with Gasteiger partial charge in [-0.15, -0.1) is 0 Å². The highest BCUT2D eigenvalue weighted by Crippen LogP contribution is 2.24. The van der Waals surface area contributed by atoms with E-state index in [0.717, 1.165) is 0 Å². The quantitative estimate of drug-likeness (QED) is 0.885. The molecule has 112 valence electrons. The molecule has 2 aromatic rings. The molecule has 0 spiro atoms. The van der Waals surface area contributed by atoms with Gasteiger partial charge in [0.25, 0.3) is 0 Å². The largest absolute Gasteiger partial charge is 0.478 e. The summed E-state index contributed by atoms with van der Waals surface area (Å²) >= 11 is 0. The van der Waals surface area contributed by atoms with Gasteiger partial charge in [-0.05, 0) is 26.0 Å². The Labute approximate surface area is 124 Å². The van der Waals surface area contributed by atoms with Crippen molar-refractivity contribution in [3.63, 3.8) is 0 Å². The molecule has 0 saturated carbocycles. The zero-order chi connectivity index (χ0) is 15.4. The number of nitrogens with zero attached hydrogens (tertiary/aromatic N) is 2. The lowest BCUT2D eigenvalue weighted by Crippen LogP contribution is -2.34. The molecule has 0 aliphatic rings. The summed E-state index contributed by atoms with van der Waals surface area (Å²) in [6, 6.07) is 9.14. The van der Waals surface area contributed by atoms with Gasteiger partial charge < -0.3 is 14.7 Å². The van der Waals surface area contributed by atoms with Crippen LogP contribution < -0.4 is 4.90 Å². The van der Waals surface area contributed by atoms with Crippen molar-refractivity contribution >= 4 is 22.7 Å². The minimum atomic E-state index is -0.940. The van der Waals surface area contributed by atoms with E-state index < -0.39 is 5.97 Å². The third-order valence-corrected chi connectivity index (χ3v) is 3.39. The third kappa shape index (κ3) is 3.31. The molecule has 5 nitrogen and oxygen atoms in total. The topological polar surface area (TPSA) is 62.7 Å². The molecule has 21 heavy (non-hydrogen) atoms. The number of carbonyl (C=O) groups is 1. The molecule has 0 fully saturated rings. The molecule has 0 bridgehead atoms. The van der Waals surface area contributed by atoms with Gasteiger partial charge in [-0.25, -0.2) is 9.78 Å². The van der Waals surface area contributed by atoms with Crippen molar-refractivity contribution in [3.05, 3.63) is 35.9 Å². The van der Waals surface area contributed by atoms with Crippen LogP contribution in [0.2, 0.25) is 0 Å². The zero-order valence-electron chi connectivity index (χ0n) is 12.5. The SMILES string of the molecule is COCCN(c1cc(C(=O)O)c2ccccc2n1)C(C)C. The average Bonchev–Trinajstić information content (AvgIpc) is 2.46. The van der Waals surface area contributed by atoms with Gasteiger partial charge in [-0.3, -0.25) is 0 Å². The van der Waals surface area contributed by atoms with Crippen LogP contribution in [0.4, 0.5) is 5.82 Å². The van der Waals surface area contributed by atoms with E-state index in [2.05, 4.69) is 4.98 Å². The normalized spacial score (nSPS) is 11.0. The first-order valence-corrected chi connectivity index (χ1v) is 6.93. The number of carboxylic acid groups (broad SMARTS) is 1. The van der Waals surface area contributed by atoms with Gasteiger partial charge in [-0.1, -0.05) is 18.2 Å². The van der Waals surface area contributed by atoms with Gasteiger partial charge in [-0.2, -0.15) is 0 Å². The number of ether oxygens (including phenoxy) is 1. The van der Waals surface area contributed by atoms with Crippen LogP contribution in [-0.2, 0) is 4.74 Å². The number of rotatable bonds is 6. The molecule has 2 rings (SSSR count). The highest BCUT2D eigenvalue weighted by Gasteiger charge is 2.17. The molecule has 0 amide bonds. The summed E-state index contributed by atoms with van der Waals surface area (Å²) in [7, 11) is 1.65. The molecule has 1 N–H and O–H groups in total. The Balaban J connectivity index is 2.55. The first-order valence-electron chi connectivity index (χ1n) is 6.93. The number of carboxylic acids is 1. The lowest BCUT2D eigenvalue weighted by molar-refractivity contribution is 0.0699.